The van der Waals surface area contributed by atoms with Crippen LogP contribution in [0.25, 0.3) is 0 Å². The quantitative estimate of drug-likeness (QED) is 0.759. The molecule has 0 heterocycles. The van der Waals surface area contributed by atoms with Gasteiger partial charge in [-0.25, -0.2) is 0 Å². The van der Waals surface area contributed by atoms with Gasteiger partial charge >= 0.3 is 0 Å². The summed E-state index contributed by atoms with van der Waals surface area (Å²) < 4.78 is 0. The zero-order valence-electron chi connectivity index (χ0n) is 10.7. The largest absolute Gasteiger partial charge is 0.370 e. The number of hydrogen-bond acceptors (Lipinski definition) is 2. The lowest BCUT2D eigenvalue weighted by Gasteiger charge is -2.17. The van der Waals surface area contributed by atoms with E-state index in [2.05, 4.69) is 43.4 Å². The highest BCUT2D eigenvalue weighted by Crippen LogP contribution is 2.17. The fourth-order valence-electron chi connectivity index (χ4n) is 1.81. The lowest BCUT2D eigenvalue weighted by atomic mass is 10.0. The van der Waals surface area contributed by atoms with Crippen molar-refractivity contribution in [1.82, 2.24) is 5.32 Å². The van der Waals surface area contributed by atoms with E-state index in [4.69, 9.17) is 5.73 Å². The lowest BCUT2D eigenvalue weighted by molar-refractivity contribution is -0.118. The number of benzene rings is 1. The van der Waals surface area contributed by atoms with Crippen molar-refractivity contribution in [3.63, 3.8) is 0 Å². The molecule has 3 heteroatoms. The molecule has 0 aliphatic rings. The van der Waals surface area contributed by atoms with Crippen molar-refractivity contribution in [3.05, 3.63) is 35.4 Å². The maximum absolute atomic E-state index is 11.1. The van der Waals surface area contributed by atoms with E-state index in [0.29, 0.717) is 6.42 Å². The van der Waals surface area contributed by atoms with Gasteiger partial charge in [-0.3, -0.25) is 4.79 Å². The molecule has 0 radical (unpaired) electrons. The van der Waals surface area contributed by atoms with E-state index in [1.165, 1.54) is 5.56 Å². The molecule has 1 aromatic rings. The Kier molecular flexibility index (Phi) is 5.70. The summed E-state index contributed by atoms with van der Waals surface area (Å²) in [5.74, 6) is -0.266. The van der Waals surface area contributed by atoms with Crippen LogP contribution in [-0.4, -0.2) is 12.5 Å². The maximum Gasteiger partial charge on any atom is 0.219 e. The molecular formula is C14H22N2O. The van der Waals surface area contributed by atoms with Crippen LogP contribution in [0.2, 0.25) is 0 Å². The molecule has 0 aliphatic heterocycles. The first-order chi connectivity index (χ1) is 8.17. The van der Waals surface area contributed by atoms with Crippen LogP contribution in [0, 0.1) is 0 Å². The minimum atomic E-state index is -0.266. The van der Waals surface area contributed by atoms with Gasteiger partial charge in [0.2, 0.25) is 5.91 Å². The van der Waals surface area contributed by atoms with Crippen molar-refractivity contribution < 1.29 is 4.79 Å². The normalized spacial score (nSPS) is 12.4. The minimum absolute atomic E-state index is 0.0401. The maximum atomic E-state index is 11.1. The summed E-state index contributed by atoms with van der Waals surface area (Å²) in [6, 6.07) is 8.41. The van der Waals surface area contributed by atoms with E-state index in [0.717, 1.165) is 24.9 Å². The predicted molar refractivity (Wildman–Crippen MR) is 70.7 cm³/mol. The number of nitrogens with two attached hydrogens (primary N) is 1. The second-order valence-electron chi connectivity index (χ2n) is 4.27. The highest BCUT2D eigenvalue weighted by molar-refractivity contribution is 5.74. The molecule has 94 valence electrons. The molecule has 0 aromatic heterocycles. The van der Waals surface area contributed by atoms with Crippen LogP contribution < -0.4 is 11.1 Å². The average Bonchev–Trinajstić information content (AvgIpc) is 2.34. The van der Waals surface area contributed by atoms with Gasteiger partial charge in [-0.1, -0.05) is 38.1 Å². The third-order valence-electron chi connectivity index (χ3n) is 2.84. The zero-order chi connectivity index (χ0) is 12.7. The van der Waals surface area contributed by atoms with Crippen molar-refractivity contribution >= 4 is 5.91 Å². The van der Waals surface area contributed by atoms with Crippen LogP contribution in [0.3, 0.4) is 0 Å². The summed E-state index contributed by atoms with van der Waals surface area (Å²) in [5, 5.41) is 3.35. The molecule has 1 atom stereocenters. The van der Waals surface area contributed by atoms with Crippen molar-refractivity contribution in [2.75, 3.05) is 6.54 Å². The zero-order valence-corrected chi connectivity index (χ0v) is 10.7. The highest BCUT2D eigenvalue weighted by Gasteiger charge is 2.13. The smallest absolute Gasteiger partial charge is 0.219 e. The van der Waals surface area contributed by atoms with Crippen molar-refractivity contribution in [2.24, 2.45) is 5.73 Å². The number of nitrogens with one attached hydrogen (secondary N) is 1. The van der Waals surface area contributed by atoms with Gasteiger partial charge in [0, 0.05) is 12.5 Å². The van der Waals surface area contributed by atoms with Crippen LogP contribution in [0.4, 0.5) is 0 Å². The number of amides is 1. The molecule has 0 spiro atoms. The molecule has 0 fully saturated rings. The molecule has 3 nitrogen and oxygen atoms in total. The Morgan fingerprint density at radius 1 is 1.29 bits per heavy atom. The fourth-order valence-corrected chi connectivity index (χ4v) is 1.81. The first-order valence-electron chi connectivity index (χ1n) is 6.27. The van der Waals surface area contributed by atoms with Gasteiger partial charge in [-0.05, 0) is 30.5 Å². The molecule has 1 rings (SSSR count). The topological polar surface area (TPSA) is 55.1 Å². The predicted octanol–water partition coefficient (Wildman–Crippen LogP) is 2.17. The standard InChI is InChI=1S/C14H22N2O/c1-3-9-16-13(10-14(15)17)12-7-5-11(4-2)6-8-12/h5-8,13,16H,3-4,9-10H2,1-2H3,(H2,15,17). The van der Waals surface area contributed by atoms with E-state index in [9.17, 15) is 4.79 Å². The second-order valence-corrected chi connectivity index (χ2v) is 4.27. The molecule has 3 N–H and O–H groups in total. The Labute approximate surface area is 103 Å². The Balaban J connectivity index is 2.75. The van der Waals surface area contributed by atoms with E-state index in [1.807, 2.05) is 0 Å². The molecule has 17 heavy (non-hydrogen) atoms. The summed E-state index contributed by atoms with van der Waals surface area (Å²) in [6.45, 7) is 5.13. The summed E-state index contributed by atoms with van der Waals surface area (Å²) in [7, 11) is 0. The SMILES string of the molecule is CCCNC(CC(N)=O)c1ccc(CC)cc1. The summed E-state index contributed by atoms with van der Waals surface area (Å²) in [5.41, 5.74) is 7.72. The Morgan fingerprint density at radius 2 is 1.94 bits per heavy atom. The van der Waals surface area contributed by atoms with Gasteiger partial charge in [-0.15, -0.1) is 0 Å². The van der Waals surface area contributed by atoms with Gasteiger partial charge in [-0.2, -0.15) is 0 Å². The monoisotopic (exact) mass is 234 g/mol. The second kappa shape index (κ2) is 7.07. The number of primary amides is 1. The van der Waals surface area contributed by atoms with Crippen molar-refractivity contribution in [2.45, 2.75) is 39.2 Å². The number of carbonyl (C=O) groups is 1. The van der Waals surface area contributed by atoms with E-state index in [1.54, 1.807) is 0 Å². The molecular weight excluding hydrogens is 212 g/mol. The number of carbonyl (C=O) groups excluding carboxylic acids is 1. The van der Waals surface area contributed by atoms with Gasteiger partial charge < -0.3 is 11.1 Å². The van der Waals surface area contributed by atoms with Crippen molar-refractivity contribution in [1.29, 1.82) is 0 Å². The van der Waals surface area contributed by atoms with E-state index >= 15 is 0 Å². The van der Waals surface area contributed by atoms with Gasteiger partial charge in [0.25, 0.3) is 0 Å². The first kappa shape index (κ1) is 13.7. The molecule has 0 saturated carbocycles. The Hall–Kier alpha value is -1.35. The van der Waals surface area contributed by atoms with Gasteiger partial charge in [0.1, 0.15) is 0 Å². The van der Waals surface area contributed by atoms with Crippen LogP contribution in [0.15, 0.2) is 24.3 Å². The molecule has 1 aromatic carbocycles. The van der Waals surface area contributed by atoms with Crippen LogP contribution >= 0.6 is 0 Å². The van der Waals surface area contributed by atoms with Crippen LogP contribution in [0.5, 0.6) is 0 Å². The Bertz CT molecular complexity index is 346. The molecule has 0 aliphatic carbocycles. The van der Waals surface area contributed by atoms with Crippen LogP contribution in [-0.2, 0) is 11.2 Å². The number of hydrogen-bond donors (Lipinski definition) is 2. The number of rotatable bonds is 7. The summed E-state index contributed by atoms with van der Waals surface area (Å²) in [6.07, 6.45) is 2.43. The first-order valence-corrected chi connectivity index (χ1v) is 6.27. The number of aryl methyl sites for hydroxylation is 1. The van der Waals surface area contributed by atoms with Crippen molar-refractivity contribution in [3.8, 4) is 0 Å². The third kappa shape index (κ3) is 4.57. The fraction of sp³-hybridized carbons (Fsp3) is 0.500. The minimum Gasteiger partial charge on any atom is -0.370 e. The summed E-state index contributed by atoms with van der Waals surface area (Å²) >= 11 is 0. The van der Waals surface area contributed by atoms with E-state index in [-0.39, 0.29) is 11.9 Å². The highest BCUT2D eigenvalue weighted by atomic mass is 16.1. The van der Waals surface area contributed by atoms with Gasteiger partial charge in [0.15, 0.2) is 0 Å². The molecule has 0 saturated heterocycles. The van der Waals surface area contributed by atoms with Gasteiger partial charge in [0.05, 0.1) is 0 Å². The lowest BCUT2D eigenvalue weighted by Crippen LogP contribution is -2.27. The average molecular weight is 234 g/mol. The molecule has 1 unspecified atom stereocenters. The van der Waals surface area contributed by atoms with Crippen LogP contribution in [0.1, 0.15) is 43.9 Å². The molecule has 0 bridgehead atoms. The summed E-state index contributed by atoms with van der Waals surface area (Å²) in [4.78, 5) is 11.1. The van der Waals surface area contributed by atoms with E-state index < -0.39 is 0 Å². The Morgan fingerprint density at radius 3 is 2.41 bits per heavy atom. The molecule has 1 amide bonds. The third-order valence-corrected chi connectivity index (χ3v) is 2.84.